The Morgan fingerprint density at radius 3 is 1.41 bits per heavy atom. The number of aromatic nitrogens is 2. The van der Waals surface area contributed by atoms with Crippen molar-refractivity contribution in [3.05, 3.63) is 108 Å². The molecule has 2 N–H and O–H groups in total. The molecule has 0 saturated carbocycles. The van der Waals surface area contributed by atoms with Crippen LogP contribution in [0.4, 0.5) is 11.4 Å². The fraction of sp³-hybridized carbons (Fsp3) is 0.0625. The zero-order valence-corrected chi connectivity index (χ0v) is 26.9. The SMILES string of the molecule is O=C(CCC(=O)OSc1nc2ccc(C(=O)Nc3ccccc3)cc2s1)OSc1nc2ccc(C(=O)Nc3ccccc3)cc2s1. The molecule has 4 aromatic carbocycles. The smallest absolute Gasteiger partial charge is 0.318 e. The summed E-state index contributed by atoms with van der Waals surface area (Å²) in [5.41, 5.74) is 3.68. The van der Waals surface area contributed by atoms with E-state index in [9.17, 15) is 19.2 Å². The maximum atomic E-state index is 12.6. The zero-order valence-electron chi connectivity index (χ0n) is 23.6. The first kappa shape index (κ1) is 31.2. The molecule has 46 heavy (non-hydrogen) atoms. The van der Waals surface area contributed by atoms with Gasteiger partial charge >= 0.3 is 11.9 Å². The number of anilines is 2. The molecule has 0 fully saturated rings. The normalized spacial score (nSPS) is 10.9. The predicted molar refractivity (Wildman–Crippen MR) is 181 cm³/mol. The summed E-state index contributed by atoms with van der Waals surface area (Å²) in [6.07, 6.45) is -0.359. The lowest BCUT2D eigenvalue weighted by atomic mass is 10.2. The Morgan fingerprint density at radius 1 is 0.587 bits per heavy atom. The molecule has 2 aromatic heterocycles. The van der Waals surface area contributed by atoms with Crippen molar-refractivity contribution in [1.29, 1.82) is 0 Å². The van der Waals surface area contributed by atoms with Crippen LogP contribution in [0.1, 0.15) is 33.6 Å². The molecular weight excluding hydrogens is 665 g/mol. The van der Waals surface area contributed by atoms with Crippen LogP contribution in [0, 0.1) is 0 Å². The van der Waals surface area contributed by atoms with E-state index >= 15 is 0 Å². The molecule has 0 spiro atoms. The van der Waals surface area contributed by atoms with Crippen molar-refractivity contribution in [2.45, 2.75) is 21.5 Å². The van der Waals surface area contributed by atoms with Crippen LogP contribution < -0.4 is 10.6 Å². The molecule has 0 saturated heterocycles. The summed E-state index contributed by atoms with van der Waals surface area (Å²) >= 11 is 4.17. The molecule has 0 aliphatic carbocycles. The van der Waals surface area contributed by atoms with E-state index in [1.165, 1.54) is 22.7 Å². The number of benzene rings is 4. The van der Waals surface area contributed by atoms with Gasteiger partial charge in [0.25, 0.3) is 11.8 Å². The first-order valence-corrected chi connectivity index (χ1v) is 16.8. The van der Waals surface area contributed by atoms with E-state index in [4.69, 9.17) is 8.37 Å². The highest BCUT2D eigenvalue weighted by Gasteiger charge is 2.16. The molecule has 2 heterocycles. The minimum absolute atomic E-state index is 0.180. The van der Waals surface area contributed by atoms with E-state index in [1.807, 2.05) is 36.4 Å². The average molecular weight is 687 g/mol. The Kier molecular flexibility index (Phi) is 9.88. The second kappa shape index (κ2) is 14.6. The van der Waals surface area contributed by atoms with Crippen LogP contribution in [0.5, 0.6) is 0 Å². The maximum absolute atomic E-state index is 12.6. The highest BCUT2D eigenvalue weighted by Crippen LogP contribution is 2.33. The summed E-state index contributed by atoms with van der Waals surface area (Å²) < 4.78 is 12.9. The van der Waals surface area contributed by atoms with Gasteiger partial charge < -0.3 is 19.0 Å². The average Bonchev–Trinajstić information content (AvgIpc) is 3.69. The van der Waals surface area contributed by atoms with Gasteiger partial charge in [-0.15, -0.1) is 22.7 Å². The molecule has 6 aromatic rings. The van der Waals surface area contributed by atoms with Gasteiger partial charge in [-0.1, -0.05) is 36.4 Å². The molecule has 6 rings (SSSR count). The van der Waals surface area contributed by atoms with E-state index in [0.29, 0.717) is 42.2 Å². The molecule has 230 valence electrons. The van der Waals surface area contributed by atoms with Gasteiger partial charge in [0.1, 0.15) is 24.1 Å². The molecule has 0 unspecified atom stereocenters. The second-order valence-corrected chi connectivity index (χ2v) is 13.6. The Hall–Kier alpha value is -4.76. The number of thiazole rings is 2. The Bertz CT molecular complexity index is 1900. The van der Waals surface area contributed by atoms with Gasteiger partial charge in [-0.05, 0) is 60.7 Å². The Morgan fingerprint density at radius 2 is 1.00 bits per heavy atom. The van der Waals surface area contributed by atoms with Crippen LogP contribution in [0.3, 0.4) is 0 Å². The summed E-state index contributed by atoms with van der Waals surface area (Å²) in [4.78, 5) is 58.6. The molecule has 0 atom stereocenters. The predicted octanol–water partition coefficient (Wildman–Crippen LogP) is 7.99. The third-order valence-electron chi connectivity index (χ3n) is 6.27. The van der Waals surface area contributed by atoms with Crippen molar-refractivity contribution in [3.8, 4) is 0 Å². The van der Waals surface area contributed by atoms with Gasteiger partial charge in [-0.3, -0.25) is 19.2 Å². The molecule has 0 radical (unpaired) electrons. The monoisotopic (exact) mass is 686 g/mol. The molecule has 0 aliphatic heterocycles. The van der Waals surface area contributed by atoms with Crippen LogP contribution in [0.25, 0.3) is 20.4 Å². The van der Waals surface area contributed by atoms with Crippen molar-refractivity contribution in [2.75, 3.05) is 10.6 Å². The van der Waals surface area contributed by atoms with Crippen LogP contribution in [0.2, 0.25) is 0 Å². The van der Waals surface area contributed by atoms with Gasteiger partial charge in [0.15, 0.2) is 8.68 Å². The topological polar surface area (TPSA) is 137 Å². The number of hydrogen-bond donors (Lipinski definition) is 2. The van der Waals surface area contributed by atoms with Crippen molar-refractivity contribution < 1.29 is 27.5 Å². The Labute approximate surface area is 279 Å². The van der Waals surface area contributed by atoms with E-state index < -0.39 is 11.9 Å². The highest BCUT2D eigenvalue weighted by molar-refractivity contribution is 7.97. The first-order valence-electron chi connectivity index (χ1n) is 13.7. The van der Waals surface area contributed by atoms with Crippen molar-refractivity contribution >= 4 is 102 Å². The number of nitrogens with one attached hydrogen (secondary N) is 2. The van der Waals surface area contributed by atoms with E-state index in [1.54, 1.807) is 60.7 Å². The maximum Gasteiger partial charge on any atom is 0.318 e. The number of carbonyl (C=O) groups is 4. The third kappa shape index (κ3) is 8.09. The number of nitrogens with zero attached hydrogens (tertiary/aromatic N) is 2. The van der Waals surface area contributed by atoms with Gasteiger partial charge in [-0.25, -0.2) is 9.97 Å². The second-order valence-electron chi connectivity index (χ2n) is 9.54. The number of rotatable bonds is 11. The van der Waals surface area contributed by atoms with Gasteiger partial charge in [0.2, 0.25) is 0 Å². The summed E-state index contributed by atoms with van der Waals surface area (Å²) in [5.74, 6) is -1.69. The third-order valence-corrected chi connectivity index (χ3v) is 9.81. The van der Waals surface area contributed by atoms with Crippen LogP contribution >= 0.6 is 46.8 Å². The van der Waals surface area contributed by atoms with E-state index in [2.05, 4.69) is 20.6 Å². The molecule has 14 heteroatoms. The van der Waals surface area contributed by atoms with Crippen molar-refractivity contribution in [3.63, 3.8) is 0 Å². The minimum atomic E-state index is -0.601. The summed E-state index contributed by atoms with van der Waals surface area (Å²) in [7, 11) is 0. The minimum Gasteiger partial charge on any atom is -0.383 e. The number of fused-ring (bicyclic) bond motifs is 2. The lowest BCUT2D eigenvalue weighted by Crippen LogP contribution is -2.11. The quantitative estimate of drug-likeness (QED) is 0.129. The summed E-state index contributed by atoms with van der Waals surface area (Å²) in [5, 5.41) is 5.69. The summed E-state index contributed by atoms with van der Waals surface area (Å²) in [6.45, 7) is 0. The molecule has 2 amide bonds. The molecular formula is C32H22N4O6S4. The van der Waals surface area contributed by atoms with Crippen LogP contribution in [-0.2, 0) is 18.0 Å². The molecule has 0 bridgehead atoms. The molecule has 10 nitrogen and oxygen atoms in total. The summed E-state index contributed by atoms with van der Waals surface area (Å²) in [6, 6.07) is 28.6. The number of hydrogen-bond acceptors (Lipinski definition) is 12. The lowest BCUT2D eigenvalue weighted by molar-refractivity contribution is -0.139. The van der Waals surface area contributed by atoms with E-state index in [0.717, 1.165) is 33.5 Å². The standard InChI is InChI=1S/C32H22N4O6S4/c37-27(41-45-31-35-23-13-11-19(17-25(23)43-31)29(39)33-21-7-3-1-4-8-21)15-16-28(38)42-46-32-36-24-14-12-20(18-26(24)44-32)30(40)34-22-9-5-2-6-10-22/h1-14,17-18H,15-16H2,(H,33,39)(H,34,40). The van der Waals surface area contributed by atoms with Gasteiger partial charge in [0.05, 0.1) is 33.3 Å². The Balaban J connectivity index is 0.946. The zero-order chi connectivity index (χ0) is 31.9. The van der Waals surface area contributed by atoms with Crippen LogP contribution in [0.15, 0.2) is 106 Å². The lowest BCUT2D eigenvalue weighted by Gasteiger charge is -2.04. The van der Waals surface area contributed by atoms with Gasteiger partial charge in [0, 0.05) is 22.5 Å². The largest absolute Gasteiger partial charge is 0.383 e. The highest BCUT2D eigenvalue weighted by atomic mass is 32.2. The fourth-order valence-electron chi connectivity index (χ4n) is 4.06. The fourth-order valence-corrected chi connectivity index (χ4v) is 7.32. The number of amides is 2. The van der Waals surface area contributed by atoms with Crippen molar-refractivity contribution in [2.24, 2.45) is 0 Å². The van der Waals surface area contributed by atoms with Gasteiger partial charge in [-0.2, -0.15) is 0 Å². The van der Waals surface area contributed by atoms with Crippen molar-refractivity contribution in [1.82, 2.24) is 9.97 Å². The van der Waals surface area contributed by atoms with E-state index in [-0.39, 0.29) is 24.7 Å². The first-order chi connectivity index (χ1) is 22.4. The number of para-hydroxylation sites is 2. The molecule has 0 aliphatic rings. The number of carbonyl (C=O) groups excluding carboxylic acids is 4. The van der Waals surface area contributed by atoms with Crippen LogP contribution in [-0.4, -0.2) is 33.7 Å².